The molecule has 0 fully saturated rings. The van der Waals surface area contributed by atoms with Crippen LogP contribution in [0.15, 0.2) is 46.3 Å². The number of nitrogens with zero attached hydrogens (tertiary/aromatic N) is 2. The molecule has 0 saturated heterocycles. The quantitative estimate of drug-likeness (QED) is 0.258. The summed E-state index contributed by atoms with van der Waals surface area (Å²) in [5.74, 6) is -0.985. The molecule has 31 heavy (non-hydrogen) atoms. The molecular formula is C20H15BrN2O7S. The van der Waals surface area contributed by atoms with Crippen LogP contribution in [0.1, 0.15) is 26.4 Å². The first-order valence-electron chi connectivity index (χ1n) is 8.65. The number of halogens is 1. The number of non-ortho nitro benzene ring substituents is 1. The van der Waals surface area contributed by atoms with Gasteiger partial charge >= 0.3 is 11.9 Å². The van der Waals surface area contributed by atoms with Crippen molar-refractivity contribution in [2.45, 2.75) is 6.61 Å². The molecule has 0 bridgehead atoms. The Kier molecular flexibility index (Phi) is 6.98. The van der Waals surface area contributed by atoms with E-state index in [0.717, 1.165) is 29.3 Å². The summed E-state index contributed by atoms with van der Waals surface area (Å²) >= 11 is 4.76. The average molecular weight is 507 g/mol. The van der Waals surface area contributed by atoms with Crippen molar-refractivity contribution in [1.29, 1.82) is 0 Å². The number of rotatable bonds is 7. The second-order valence-corrected chi connectivity index (χ2v) is 7.86. The van der Waals surface area contributed by atoms with Crippen LogP contribution < -0.4 is 4.74 Å². The van der Waals surface area contributed by atoms with Crippen molar-refractivity contribution in [3.63, 3.8) is 0 Å². The Morgan fingerprint density at radius 1 is 1.13 bits per heavy atom. The molecule has 0 unspecified atom stereocenters. The Balaban J connectivity index is 1.78. The van der Waals surface area contributed by atoms with Gasteiger partial charge in [0.15, 0.2) is 0 Å². The first-order chi connectivity index (χ1) is 14.8. The molecule has 3 aromatic rings. The first kappa shape index (κ1) is 22.4. The van der Waals surface area contributed by atoms with Crippen LogP contribution in [-0.4, -0.2) is 36.1 Å². The smallest absolute Gasteiger partial charge is 0.338 e. The van der Waals surface area contributed by atoms with Crippen molar-refractivity contribution in [3.05, 3.63) is 73.2 Å². The van der Waals surface area contributed by atoms with E-state index in [-0.39, 0.29) is 17.7 Å². The standard InChI is InChI=1S/C20H15BrN2O7S/c1-28-17-4-3-13(21)8-16(17)18-22-14(10-31-18)9-30-20(25)12-5-11(19(24)29-2)6-15(7-12)23(26)27/h3-8,10H,9H2,1-2H3. The normalized spacial score (nSPS) is 10.4. The molecule has 0 saturated carbocycles. The van der Waals surface area contributed by atoms with Crippen molar-refractivity contribution in [3.8, 4) is 16.3 Å². The van der Waals surface area contributed by atoms with E-state index in [4.69, 9.17) is 9.47 Å². The average Bonchev–Trinajstić information content (AvgIpc) is 3.25. The Morgan fingerprint density at radius 3 is 2.48 bits per heavy atom. The SMILES string of the molecule is COC(=O)c1cc(C(=O)OCc2csc(-c3cc(Br)ccc3OC)n2)cc([N+](=O)[O-])c1. The maximum atomic E-state index is 12.4. The molecule has 1 aromatic heterocycles. The molecule has 1 heterocycles. The third kappa shape index (κ3) is 5.25. The predicted octanol–water partition coefficient (Wildman–Crippen LogP) is 4.63. The van der Waals surface area contributed by atoms with E-state index in [1.54, 1.807) is 12.5 Å². The van der Waals surface area contributed by atoms with Crippen molar-refractivity contribution in [1.82, 2.24) is 4.98 Å². The number of esters is 2. The maximum absolute atomic E-state index is 12.4. The third-order valence-corrected chi connectivity index (χ3v) is 5.50. The topological polar surface area (TPSA) is 118 Å². The van der Waals surface area contributed by atoms with Crippen LogP contribution in [0.5, 0.6) is 5.75 Å². The summed E-state index contributed by atoms with van der Waals surface area (Å²) in [6.07, 6.45) is 0. The molecule has 160 valence electrons. The van der Waals surface area contributed by atoms with E-state index in [0.29, 0.717) is 16.5 Å². The number of hydrogen-bond acceptors (Lipinski definition) is 9. The molecule has 11 heteroatoms. The summed E-state index contributed by atoms with van der Waals surface area (Å²) in [6.45, 7) is -0.151. The minimum absolute atomic E-state index is 0.124. The minimum atomic E-state index is -0.830. The maximum Gasteiger partial charge on any atom is 0.338 e. The molecule has 2 aromatic carbocycles. The fourth-order valence-electron chi connectivity index (χ4n) is 2.64. The number of carbonyl (C=O) groups excluding carboxylic acids is 2. The second-order valence-electron chi connectivity index (χ2n) is 6.08. The number of thiazole rings is 1. The lowest BCUT2D eigenvalue weighted by Gasteiger charge is -2.06. The van der Waals surface area contributed by atoms with Crippen LogP contribution in [0.2, 0.25) is 0 Å². The molecule has 0 atom stereocenters. The lowest BCUT2D eigenvalue weighted by Crippen LogP contribution is -2.09. The lowest BCUT2D eigenvalue weighted by atomic mass is 10.1. The van der Waals surface area contributed by atoms with Gasteiger partial charge in [0.2, 0.25) is 0 Å². The van der Waals surface area contributed by atoms with Gasteiger partial charge in [0.25, 0.3) is 5.69 Å². The monoisotopic (exact) mass is 506 g/mol. The van der Waals surface area contributed by atoms with E-state index in [2.05, 4.69) is 25.7 Å². The fraction of sp³-hybridized carbons (Fsp3) is 0.150. The van der Waals surface area contributed by atoms with Gasteiger partial charge in [0, 0.05) is 22.0 Å². The highest BCUT2D eigenvalue weighted by molar-refractivity contribution is 9.10. The molecule has 0 spiro atoms. The van der Waals surface area contributed by atoms with Crippen LogP contribution in [0.3, 0.4) is 0 Å². The van der Waals surface area contributed by atoms with E-state index in [1.807, 2.05) is 18.2 Å². The molecular weight excluding hydrogens is 492 g/mol. The van der Waals surface area contributed by atoms with Crippen LogP contribution in [-0.2, 0) is 16.1 Å². The number of methoxy groups -OCH3 is 2. The highest BCUT2D eigenvalue weighted by atomic mass is 79.9. The number of nitro benzene ring substituents is 1. The molecule has 0 aliphatic carbocycles. The first-order valence-corrected chi connectivity index (χ1v) is 10.3. The molecule has 0 aliphatic rings. The van der Waals surface area contributed by atoms with Gasteiger partial charge in [-0.2, -0.15) is 0 Å². The van der Waals surface area contributed by atoms with Gasteiger partial charge in [0.05, 0.1) is 41.5 Å². The van der Waals surface area contributed by atoms with E-state index in [1.165, 1.54) is 17.4 Å². The highest BCUT2D eigenvalue weighted by Gasteiger charge is 2.20. The molecule has 3 rings (SSSR count). The lowest BCUT2D eigenvalue weighted by molar-refractivity contribution is -0.384. The summed E-state index contributed by atoms with van der Waals surface area (Å²) in [4.78, 5) is 39.0. The van der Waals surface area contributed by atoms with Crippen molar-refractivity contribution in [2.75, 3.05) is 14.2 Å². The van der Waals surface area contributed by atoms with Gasteiger partial charge in [-0.15, -0.1) is 11.3 Å². The number of carbonyl (C=O) groups is 2. The van der Waals surface area contributed by atoms with Crippen LogP contribution in [0.4, 0.5) is 5.69 Å². The van der Waals surface area contributed by atoms with Crippen molar-refractivity contribution in [2.24, 2.45) is 0 Å². The number of nitro groups is 1. The third-order valence-electron chi connectivity index (χ3n) is 4.08. The summed E-state index contributed by atoms with van der Waals surface area (Å²) in [5, 5.41) is 13.5. The van der Waals surface area contributed by atoms with Gasteiger partial charge in [0.1, 0.15) is 17.4 Å². The largest absolute Gasteiger partial charge is 0.496 e. The van der Waals surface area contributed by atoms with Crippen molar-refractivity contribution < 1.29 is 28.7 Å². The van der Waals surface area contributed by atoms with E-state index < -0.39 is 22.5 Å². The molecule has 0 radical (unpaired) electrons. The van der Waals surface area contributed by atoms with Crippen LogP contribution in [0.25, 0.3) is 10.6 Å². The van der Waals surface area contributed by atoms with Gasteiger partial charge < -0.3 is 14.2 Å². The van der Waals surface area contributed by atoms with Gasteiger partial charge in [-0.1, -0.05) is 15.9 Å². The number of benzene rings is 2. The van der Waals surface area contributed by atoms with Crippen LogP contribution in [0, 0.1) is 10.1 Å². The van der Waals surface area contributed by atoms with Gasteiger partial charge in [-0.3, -0.25) is 10.1 Å². The minimum Gasteiger partial charge on any atom is -0.496 e. The zero-order chi connectivity index (χ0) is 22.5. The Bertz CT molecular complexity index is 1160. The Morgan fingerprint density at radius 2 is 1.84 bits per heavy atom. The molecule has 0 aliphatic heterocycles. The molecule has 0 N–H and O–H groups in total. The molecule has 9 nitrogen and oxygen atoms in total. The van der Waals surface area contributed by atoms with Crippen LogP contribution >= 0.6 is 27.3 Å². The van der Waals surface area contributed by atoms with Gasteiger partial charge in [-0.25, -0.2) is 14.6 Å². The second kappa shape index (κ2) is 9.67. The summed E-state index contributed by atoms with van der Waals surface area (Å²) in [7, 11) is 2.70. The zero-order valence-electron chi connectivity index (χ0n) is 16.3. The summed E-state index contributed by atoms with van der Waals surface area (Å²) < 4.78 is 16.0. The van der Waals surface area contributed by atoms with E-state index in [9.17, 15) is 19.7 Å². The number of hydrogen-bond donors (Lipinski definition) is 0. The molecule has 0 amide bonds. The Hall–Kier alpha value is -3.31. The number of ether oxygens (including phenoxy) is 3. The zero-order valence-corrected chi connectivity index (χ0v) is 18.7. The highest BCUT2D eigenvalue weighted by Crippen LogP contribution is 2.34. The van der Waals surface area contributed by atoms with E-state index >= 15 is 0 Å². The summed E-state index contributed by atoms with van der Waals surface area (Å²) in [6, 6.07) is 8.77. The Labute approximate surface area is 188 Å². The fourth-order valence-corrected chi connectivity index (χ4v) is 3.82. The summed E-state index contributed by atoms with van der Waals surface area (Å²) in [5.41, 5.74) is 0.586. The number of aromatic nitrogens is 1. The predicted molar refractivity (Wildman–Crippen MR) is 115 cm³/mol. The van der Waals surface area contributed by atoms with Crippen molar-refractivity contribution >= 4 is 44.9 Å². The van der Waals surface area contributed by atoms with Gasteiger partial charge in [-0.05, 0) is 24.3 Å².